The molecular weight excluding hydrogens is 304 g/mol. The van der Waals surface area contributed by atoms with Crippen LogP contribution in [0.25, 0.3) is 0 Å². The van der Waals surface area contributed by atoms with Crippen molar-refractivity contribution >= 4 is 5.91 Å². The Morgan fingerprint density at radius 1 is 1.21 bits per heavy atom. The Morgan fingerprint density at radius 2 is 1.92 bits per heavy atom. The third-order valence-electron chi connectivity index (χ3n) is 3.92. The quantitative estimate of drug-likeness (QED) is 0.808. The number of carbonyl (C=O) groups excluding carboxylic acids is 1. The van der Waals surface area contributed by atoms with E-state index in [0.717, 1.165) is 0 Å². The predicted molar refractivity (Wildman–Crippen MR) is 92.8 cm³/mol. The molecule has 0 saturated heterocycles. The number of nitrogens with one attached hydrogen (secondary N) is 1. The van der Waals surface area contributed by atoms with E-state index < -0.39 is 0 Å². The van der Waals surface area contributed by atoms with Crippen LogP contribution in [0.1, 0.15) is 39.2 Å². The van der Waals surface area contributed by atoms with Gasteiger partial charge in [0.25, 0.3) is 5.91 Å². The van der Waals surface area contributed by atoms with Crippen LogP contribution in [-0.2, 0) is 11.3 Å². The highest BCUT2D eigenvalue weighted by Gasteiger charge is 2.17. The first-order valence-electron chi connectivity index (χ1n) is 8.32. The molecular formula is C18H26N4O2. The average Bonchev–Trinajstić information content (AvgIpc) is 3.05. The third kappa shape index (κ3) is 5.37. The molecule has 1 amide bonds. The number of ether oxygens (including phenoxy) is 1. The second kappa shape index (κ2) is 8.47. The molecule has 6 heteroatoms. The zero-order chi connectivity index (χ0) is 17.5. The molecule has 0 aliphatic rings. The molecule has 6 nitrogen and oxygen atoms in total. The Hall–Kier alpha value is -2.37. The fourth-order valence-electron chi connectivity index (χ4n) is 2.30. The molecule has 130 valence electrons. The Labute approximate surface area is 143 Å². The molecule has 0 spiro atoms. The van der Waals surface area contributed by atoms with Gasteiger partial charge in [-0.2, -0.15) is 0 Å². The van der Waals surface area contributed by atoms with Gasteiger partial charge in [0.05, 0.1) is 18.8 Å². The monoisotopic (exact) mass is 330 g/mol. The molecule has 24 heavy (non-hydrogen) atoms. The van der Waals surface area contributed by atoms with Gasteiger partial charge in [-0.25, -0.2) is 0 Å². The van der Waals surface area contributed by atoms with Crippen molar-refractivity contribution in [3.05, 3.63) is 42.2 Å². The zero-order valence-electron chi connectivity index (χ0n) is 14.8. The number of hydrogen-bond donors (Lipinski definition) is 1. The third-order valence-corrected chi connectivity index (χ3v) is 3.92. The highest BCUT2D eigenvalue weighted by atomic mass is 16.5. The molecule has 2 aromatic rings. The van der Waals surface area contributed by atoms with Gasteiger partial charge in [-0.15, -0.1) is 5.10 Å². The van der Waals surface area contributed by atoms with E-state index in [1.54, 1.807) is 17.1 Å². The first kappa shape index (κ1) is 18.0. The summed E-state index contributed by atoms with van der Waals surface area (Å²) in [4.78, 5) is 12.2. The second-order valence-corrected chi connectivity index (χ2v) is 6.56. The lowest BCUT2D eigenvalue weighted by Gasteiger charge is -2.22. The van der Waals surface area contributed by atoms with Crippen LogP contribution in [0.4, 0.5) is 0 Å². The maximum absolute atomic E-state index is 12.2. The zero-order valence-corrected chi connectivity index (χ0v) is 14.8. The number of hydrogen-bond acceptors (Lipinski definition) is 4. The smallest absolute Gasteiger partial charge is 0.258 e. The fraction of sp³-hybridized carbons (Fsp3) is 0.500. The van der Waals surface area contributed by atoms with Crippen LogP contribution in [0.2, 0.25) is 0 Å². The van der Waals surface area contributed by atoms with E-state index in [1.807, 2.05) is 24.3 Å². The van der Waals surface area contributed by atoms with Crippen LogP contribution in [0, 0.1) is 5.92 Å². The van der Waals surface area contributed by atoms with Crippen LogP contribution < -0.4 is 10.1 Å². The lowest BCUT2D eigenvalue weighted by molar-refractivity contribution is -0.124. The number of benzene rings is 1. The van der Waals surface area contributed by atoms with Gasteiger partial charge in [-0.05, 0) is 29.5 Å². The summed E-state index contributed by atoms with van der Waals surface area (Å²) in [7, 11) is 0. The second-order valence-electron chi connectivity index (χ2n) is 6.56. The maximum Gasteiger partial charge on any atom is 0.258 e. The summed E-state index contributed by atoms with van der Waals surface area (Å²) in [6, 6.07) is 7.83. The van der Waals surface area contributed by atoms with Gasteiger partial charge in [-0.3, -0.25) is 9.48 Å². The normalized spacial score (nSPS) is 12.4. The van der Waals surface area contributed by atoms with Crippen LogP contribution in [0.15, 0.2) is 36.7 Å². The van der Waals surface area contributed by atoms with Crippen molar-refractivity contribution in [3.63, 3.8) is 0 Å². The molecule has 1 atom stereocenters. The largest absolute Gasteiger partial charge is 0.484 e. The van der Waals surface area contributed by atoms with Gasteiger partial charge in [-0.1, -0.05) is 45.0 Å². The summed E-state index contributed by atoms with van der Waals surface area (Å²) in [6.45, 7) is 9.00. The molecule has 1 heterocycles. The molecule has 0 radical (unpaired) electrons. The van der Waals surface area contributed by atoms with Crippen molar-refractivity contribution in [1.29, 1.82) is 0 Å². The van der Waals surface area contributed by atoms with Crippen molar-refractivity contribution < 1.29 is 9.53 Å². The number of amides is 1. The molecule has 0 aliphatic heterocycles. The van der Waals surface area contributed by atoms with Crippen LogP contribution in [0.5, 0.6) is 5.75 Å². The number of rotatable bonds is 8. The molecule has 2 rings (SSSR count). The van der Waals surface area contributed by atoms with E-state index >= 15 is 0 Å². The van der Waals surface area contributed by atoms with Crippen LogP contribution >= 0.6 is 0 Å². The molecule has 1 N–H and O–H groups in total. The van der Waals surface area contributed by atoms with E-state index in [4.69, 9.17) is 4.74 Å². The molecule has 0 unspecified atom stereocenters. The van der Waals surface area contributed by atoms with Crippen molar-refractivity contribution in [1.82, 2.24) is 20.3 Å². The Kier molecular flexibility index (Phi) is 6.35. The van der Waals surface area contributed by atoms with Crippen LogP contribution in [-0.4, -0.2) is 33.5 Å². The number of aromatic nitrogens is 3. The molecule has 1 aromatic heterocycles. The van der Waals surface area contributed by atoms with E-state index in [-0.39, 0.29) is 24.5 Å². The summed E-state index contributed by atoms with van der Waals surface area (Å²) in [5.74, 6) is 1.32. The average molecular weight is 330 g/mol. The van der Waals surface area contributed by atoms with Crippen molar-refractivity contribution in [3.8, 4) is 5.75 Å². The Bertz CT molecular complexity index is 621. The Morgan fingerprint density at radius 3 is 2.46 bits per heavy atom. The summed E-state index contributed by atoms with van der Waals surface area (Å²) in [5.41, 5.74) is 1.25. The van der Waals surface area contributed by atoms with Gasteiger partial charge in [0.1, 0.15) is 5.75 Å². The predicted octanol–water partition coefficient (Wildman–Crippen LogP) is 2.62. The lowest BCUT2D eigenvalue weighted by atomic mass is 10.0. The number of carbonyl (C=O) groups is 1. The summed E-state index contributed by atoms with van der Waals surface area (Å²) in [6.07, 6.45) is 3.41. The Balaban J connectivity index is 1.84. The van der Waals surface area contributed by atoms with Gasteiger partial charge < -0.3 is 10.1 Å². The van der Waals surface area contributed by atoms with Gasteiger partial charge in [0.2, 0.25) is 0 Å². The highest BCUT2D eigenvalue weighted by molar-refractivity contribution is 5.77. The fourth-order valence-corrected chi connectivity index (χ4v) is 2.30. The lowest BCUT2D eigenvalue weighted by Crippen LogP contribution is -2.43. The minimum atomic E-state index is -0.137. The van der Waals surface area contributed by atoms with E-state index in [2.05, 4.69) is 43.3 Å². The SMILES string of the molecule is CC(C)c1ccc(OCC(=O)N[C@H](Cn2ccnn2)C(C)C)cc1. The first-order chi connectivity index (χ1) is 11.5. The molecule has 1 aromatic carbocycles. The van der Waals surface area contributed by atoms with Gasteiger partial charge in [0, 0.05) is 6.20 Å². The molecule has 0 bridgehead atoms. The molecule has 0 fully saturated rings. The standard InChI is InChI=1S/C18H26N4O2/c1-13(2)15-5-7-16(8-6-15)24-12-18(23)20-17(14(3)4)11-22-10-9-19-21-22/h5-10,13-14,17H,11-12H2,1-4H3,(H,20,23)/t17-/m1/s1. The highest BCUT2D eigenvalue weighted by Crippen LogP contribution is 2.18. The minimum Gasteiger partial charge on any atom is -0.484 e. The number of nitrogens with zero attached hydrogens (tertiary/aromatic N) is 3. The van der Waals surface area contributed by atoms with Crippen molar-refractivity contribution in [2.45, 2.75) is 46.2 Å². The van der Waals surface area contributed by atoms with Gasteiger partial charge in [0.15, 0.2) is 6.61 Å². The van der Waals surface area contributed by atoms with E-state index in [1.165, 1.54) is 5.56 Å². The van der Waals surface area contributed by atoms with E-state index in [9.17, 15) is 4.79 Å². The molecule has 0 aliphatic carbocycles. The molecule has 0 saturated carbocycles. The summed E-state index contributed by atoms with van der Waals surface area (Å²) < 4.78 is 7.29. The first-order valence-corrected chi connectivity index (χ1v) is 8.32. The topological polar surface area (TPSA) is 69.0 Å². The van der Waals surface area contributed by atoms with E-state index in [0.29, 0.717) is 18.2 Å². The summed E-state index contributed by atoms with van der Waals surface area (Å²) in [5, 5.41) is 10.7. The van der Waals surface area contributed by atoms with Crippen molar-refractivity contribution in [2.24, 2.45) is 5.92 Å². The van der Waals surface area contributed by atoms with Gasteiger partial charge >= 0.3 is 0 Å². The van der Waals surface area contributed by atoms with Crippen molar-refractivity contribution in [2.75, 3.05) is 6.61 Å². The van der Waals surface area contributed by atoms with Crippen LogP contribution in [0.3, 0.4) is 0 Å². The minimum absolute atomic E-state index is 0.00159. The maximum atomic E-state index is 12.2. The summed E-state index contributed by atoms with van der Waals surface area (Å²) >= 11 is 0.